The summed E-state index contributed by atoms with van der Waals surface area (Å²) in [4.78, 5) is 73.1. The Morgan fingerprint density at radius 1 is 0.243 bits per heavy atom. The normalized spacial score (nSPS) is 14.0. The number of hydrogen-bond donors (Lipinski definition) is 3. The van der Waals surface area contributed by atoms with Gasteiger partial charge in [0.1, 0.15) is 19.3 Å². The minimum Gasteiger partial charge on any atom is -0.462 e. The van der Waals surface area contributed by atoms with Gasteiger partial charge in [-0.1, -0.05) is 383 Å². The van der Waals surface area contributed by atoms with E-state index in [9.17, 15) is 43.2 Å². The predicted octanol–water partition coefficient (Wildman–Crippen LogP) is 25.2. The van der Waals surface area contributed by atoms with Gasteiger partial charge in [0, 0.05) is 25.7 Å². The Kier molecular flexibility index (Phi) is 71.5. The lowest BCUT2D eigenvalue weighted by molar-refractivity contribution is -0.161. The number of ether oxygens (including phenoxy) is 4. The van der Waals surface area contributed by atoms with Gasteiger partial charge in [-0.3, -0.25) is 37.3 Å². The SMILES string of the molecule is CC(C)CCCCCCCCCCCCCCCCCCCCC(=O)O[C@H](COC(=O)CCCCCCCCC(C)C)COP(=O)(O)OCC(O)COP(=O)(O)OC[C@@H](COC(=O)CCCCCCCCCCCCCCCC(C)C)OC(=O)CCCCCCCCCCCCCCCCC(C)C. The molecule has 612 valence electrons. The van der Waals surface area contributed by atoms with E-state index in [-0.39, 0.29) is 25.7 Å². The van der Waals surface area contributed by atoms with Gasteiger partial charge in [-0.05, 0) is 49.4 Å². The summed E-state index contributed by atoms with van der Waals surface area (Å²) in [6.07, 6.45) is 61.3. The van der Waals surface area contributed by atoms with Gasteiger partial charge in [-0.25, -0.2) is 9.13 Å². The smallest absolute Gasteiger partial charge is 0.462 e. The zero-order valence-electron chi connectivity index (χ0n) is 68.0. The minimum absolute atomic E-state index is 0.107. The summed E-state index contributed by atoms with van der Waals surface area (Å²) in [5.74, 6) is 0.974. The molecule has 0 spiro atoms. The van der Waals surface area contributed by atoms with Crippen molar-refractivity contribution in [3.8, 4) is 0 Å². The maximum Gasteiger partial charge on any atom is 0.472 e. The van der Waals surface area contributed by atoms with Crippen LogP contribution in [0.1, 0.15) is 434 Å². The van der Waals surface area contributed by atoms with Crippen molar-refractivity contribution in [3.05, 3.63) is 0 Å². The standard InChI is InChI=1S/C84H164O17P2/c1-74(2)60-52-44-36-30-24-18-13-11-9-10-12-14-21-28-34-40-50-58-67-84(89)101-80(71-95-82(87)65-57-49-43-42-47-55-63-77(7)8)73-99-103(92,93)97-69-78(85)68-96-102(90,91)98-72-79(70-94-81(86)64-56-48-39-33-27-23-17-20-26-32-38-46-54-62-76(5)6)100-83(88)66-59-51-41-35-29-22-16-15-19-25-31-37-45-53-61-75(3)4/h74-80,85H,9-73H2,1-8H3,(H,90,91)(H,92,93)/t78?,79-,80-/m1/s1. The summed E-state index contributed by atoms with van der Waals surface area (Å²) in [5.41, 5.74) is 0. The number of rotatable bonds is 81. The van der Waals surface area contributed by atoms with Crippen LogP contribution in [0.25, 0.3) is 0 Å². The average Bonchev–Trinajstić information content (AvgIpc) is 0.916. The number of hydrogen-bond acceptors (Lipinski definition) is 15. The lowest BCUT2D eigenvalue weighted by Crippen LogP contribution is -2.30. The van der Waals surface area contributed by atoms with Crippen LogP contribution < -0.4 is 0 Å². The van der Waals surface area contributed by atoms with E-state index in [0.29, 0.717) is 31.6 Å². The fraction of sp³-hybridized carbons (Fsp3) is 0.952. The van der Waals surface area contributed by atoms with Crippen LogP contribution in [0.5, 0.6) is 0 Å². The van der Waals surface area contributed by atoms with Gasteiger partial charge < -0.3 is 33.8 Å². The predicted molar refractivity (Wildman–Crippen MR) is 423 cm³/mol. The van der Waals surface area contributed by atoms with Gasteiger partial charge in [0.25, 0.3) is 0 Å². The minimum atomic E-state index is -4.96. The molecule has 0 bridgehead atoms. The molecular formula is C84H164O17P2. The van der Waals surface area contributed by atoms with E-state index < -0.39 is 97.5 Å². The van der Waals surface area contributed by atoms with Crippen molar-refractivity contribution in [2.24, 2.45) is 23.7 Å². The quantitative estimate of drug-likeness (QED) is 0.0222. The molecule has 0 aliphatic rings. The first-order chi connectivity index (χ1) is 49.6. The summed E-state index contributed by atoms with van der Waals surface area (Å²) >= 11 is 0. The summed E-state index contributed by atoms with van der Waals surface area (Å²) in [6, 6.07) is 0. The summed E-state index contributed by atoms with van der Waals surface area (Å²) < 4.78 is 68.8. The third kappa shape index (κ3) is 78.0. The molecule has 0 saturated carbocycles. The van der Waals surface area contributed by atoms with Gasteiger partial charge in [-0.15, -0.1) is 0 Å². The van der Waals surface area contributed by atoms with Crippen LogP contribution in [-0.2, 0) is 65.4 Å². The van der Waals surface area contributed by atoms with Crippen molar-refractivity contribution >= 4 is 39.5 Å². The fourth-order valence-electron chi connectivity index (χ4n) is 13.0. The molecule has 3 unspecified atom stereocenters. The van der Waals surface area contributed by atoms with Crippen LogP contribution in [0.3, 0.4) is 0 Å². The Hall–Kier alpha value is -1.94. The number of unbranched alkanes of at least 4 members (excludes halogenated alkanes) is 47. The molecule has 3 N–H and O–H groups in total. The number of aliphatic hydroxyl groups excluding tert-OH is 1. The van der Waals surface area contributed by atoms with E-state index in [1.807, 2.05) is 0 Å². The Bertz CT molecular complexity index is 2010. The highest BCUT2D eigenvalue weighted by atomic mass is 31.2. The van der Waals surface area contributed by atoms with Gasteiger partial charge in [0.2, 0.25) is 0 Å². The Morgan fingerprint density at radius 3 is 0.602 bits per heavy atom. The second-order valence-electron chi connectivity index (χ2n) is 32.1. The first-order valence-corrected chi connectivity index (χ1v) is 46.2. The van der Waals surface area contributed by atoms with Crippen molar-refractivity contribution in [2.45, 2.75) is 453 Å². The van der Waals surface area contributed by atoms with Crippen LogP contribution >= 0.6 is 15.6 Å². The van der Waals surface area contributed by atoms with E-state index >= 15 is 0 Å². The molecule has 0 aliphatic carbocycles. The van der Waals surface area contributed by atoms with Crippen molar-refractivity contribution in [3.63, 3.8) is 0 Å². The Balaban J connectivity index is 5.20. The molecule has 0 saturated heterocycles. The lowest BCUT2D eigenvalue weighted by atomic mass is 10.0. The number of carbonyl (C=O) groups is 4. The summed E-state index contributed by atoms with van der Waals surface area (Å²) in [6.45, 7) is 14.3. The van der Waals surface area contributed by atoms with Gasteiger partial charge in [-0.2, -0.15) is 0 Å². The van der Waals surface area contributed by atoms with E-state index in [2.05, 4.69) is 55.4 Å². The molecule has 103 heavy (non-hydrogen) atoms. The first kappa shape index (κ1) is 101. The van der Waals surface area contributed by atoms with E-state index in [4.69, 9.17) is 37.0 Å². The topological polar surface area (TPSA) is 237 Å². The average molecular weight is 1510 g/mol. The monoisotopic (exact) mass is 1510 g/mol. The largest absolute Gasteiger partial charge is 0.472 e. The highest BCUT2D eigenvalue weighted by molar-refractivity contribution is 7.47. The molecule has 19 heteroatoms. The van der Waals surface area contributed by atoms with Gasteiger partial charge in [0.15, 0.2) is 12.2 Å². The van der Waals surface area contributed by atoms with Crippen molar-refractivity contribution in [1.82, 2.24) is 0 Å². The van der Waals surface area contributed by atoms with Gasteiger partial charge in [0.05, 0.1) is 26.4 Å². The lowest BCUT2D eigenvalue weighted by Gasteiger charge is -2.21. The number of aliphatic hydroxyl groups is 1. The highest BCUT2D eigenvalue weighted by Crippen LogP contribution is 2.45. The third-order valence-electron chi connectivity index (χ3n) is 19.6. The molecule has 5 atom stereocenters. The molecule has 0 aromatic rings. The van der Waals surface area contributed by atoms with Gasteiger partial charge >= 0.3 is 39.5 Å². The Labute approximate surface area is 632 Å². The number of esters is 4. The highest BCUT2D eigenvalue weighted by Gasteiger charge is 2.30. The summed E-state index contributed by atoms with van der Waals surface area (Å²) in [5, 5.41) is 10.7. The van der Waals surface area contributed by atoms with Crippen molar-refractivity contribution < 1.29 is 80.2 Å². The van der Waals surface area contributed by atoms with Crippen LogP contribution in [0.15, 0.2) is 0 Å². The number of carbonyl (C=O) groups excluding carboxylic acids is 4. The van der Waals surface area contributed by atoms with E-state index in [1.165, 1.54) is 231 Å². The fourth-order valence-corrected chi connectivity index (χ4v) is 14.5. The number of phosphoric ester groups is 2. The molecule has 0 aromatic carbocycles. The second-order valence-corrected chi connectivity index (χ2v) is 35.0. The zero-order chi connectivity index (χ0) is 76.0. The molecule has 0 radical (unpaired) electrons. The van der Waals surface area contributed by atoms with Crippen LogP contribution in [0.2, 0.25) is 0 Å². The zero-order valence-corrected chi connectivity index (χ0v) is 69.7. The molecule has 0 rings (SSSR count). The van der Waals surface area contributed by atoms with E-state index in [0.717, 1.165) is 114 Å². The van der Waals surface area contributed by atoms with Crippen LogP contribution in [0.4, 0.5) is 0 Å². The number of phosphoric acid groups is 2. The maximum absolute atomic E-state index is 13.1. The van der Waals surface area contributed by atoms with Crippen molar-refractivity contribution in [2.75, 3.05) is 39.6 Å². The van der Waals surface area contributed by atoms with Crippen LogP contribution in [0, 0.1) is 23.7 Å². The van der Waals surface area contributed by atoms with Crippen molar-refractivity contribution in [1.29, 1.82) is 0 Å². The molecule has 0 aromatic heterocycles. The maximum atomic E-state index is 13.1. The molecule has 0 heterocycles. The third-order valence-corrected chi connectivity index (χ3v) is 21.5. The van der Waals surface area contributed by atoms with Crippen LogP contribution in [-0.4, -0.2) is 96.7 Å². The molecule has 0 amide bonds. The first-order valence-electron chi connectivity index (χ1n) is 43.2. The molecule has 17 nitrogen and oxygen atoms in total. The summed E-state index contributed by atoms with van der Waals surface area (Å²) in [7, 11) is -9.93. The molecule has 0 fully saturated rings. The molecule has 0 aliphatic heterocycles. The van der Waals surface area contributed by atoms with E-state index in [1.54, 1.807) is 0 Å². The second kappa shape index (κ2) is 72.9. The Morgan fingerprint density at radius 2 is 0.408 bits per heavy atom. The molecular weight excluding hydrogens is 1340 g/mol.